The van der Waals surface area contributed by atoms with Crippen molar-refractivity contribution in [2.75, 3.05) is 5.73 Å². The summed E-state index contributed by atoms with van der Waals surface area (Å²) in [5, 5.41) is 9.65. The molecule has 0 saturated heterocycles. The van der Waals surface area contributed by atoms with Crippen LogP contribution in [0.3, 0.4) is 0 Å². The minimum absolute atomic E-state index is 0.274. The number of aryl methyl sites for hydroxylation is 2. The van der Waals surface area contributed by atoms with Crippen molar-refractivity contribution in [3.63, 3.8) is 0 Å². The number of rotatable bonds is 7. The van der Waals surface area contributed by atoms with Gasteiger partial charge in [-0.1, -0.05) is 58.9 Å². The third-order valence-electron chi connectivity index (χ3n) is 6.30. The van der Waals surface area contributed by atoms with Crippen LogP contribution in [0.4, 0.5) is 11.4 Å². The number of hydrogen-bond acceptors (Lipinski definition) is 3. The third-order valence-corrected chi connectivity index (χ3v) is 6.30. The van der Waals surface area contributed by atoms with Gasteiger partial charge < -0.3 is 10.8 Å². The molecule has 3 aromatic carbocycles. The molecule has 0 heterocycles. The molecule has 0 fully saturated rings. The summed E-state index contributed by atoms with van der Waals surface area (Å²) in [5.74, 6) is 1.04. The van der Waals surface area contributed by atoms with E-state index in [2.05, 4.69) is 72.7 Å². The average Bonchev–Trinajstić information content (AvgIpc) is 2.75. The fourth-order valence-corrected chi connectivity index (χ4v) is 4.43. The number of benzene rings is 3. The lowest BCUT2D eigenvalue weighted by atomic mass is 9.90. The van der Waals surface area contributed by atoms with Crippen molar-refractivity contribution in [3.05, 3.63) is 87.5 Å². The monoisotopic (exact) mass is 442 g/mol. The largest absolute Gasteiger partial charge is 0.508 e. The van der Waals surface area contributed by atoms with Gasteiger partial charge >= 0.3 is 0 Å². The number of nitrogens with two attached hydrogens (primary N) is 1. The highest BCUT2D eigenvalue weighted by atomic mass is 16.3. The smallest absolute Gasteiger partial charge is 0.115 e. The van der Waals surface area contributed by atoms with E-state index in [1.165, 1.54) is 27.8 Å². The zero-order valence-corrected chi connectivity index (χ0v) is 21.2. The van der Waals surface area contributed by atoms with E-state index >= 15 is 0 Å². The van der Waals surface area contributed by atoms with Crippen LogP contribution in [0.5, 0.6) is 5.75 Å². The van der Waals surface area contributed by atoms with Gasteiger partial charge in [0.05, 0.1) is 5.69 Å². The number of nitrogens with zero attached hydrogens (tertiary/aromatic N) is 1. The summed E-state index contributed by atoms with van der Waals surface area (Å²) < 4.78 is 0. The Kier molecular flexibility index (Phi) is 7.63. The van der Waals surface area contributed by atoms with Gasteiger partial charge in [-0.25, -0.2) is 0 Å². The maximum absolute atomic E-state index is 9.65. The minimum atomic E-state index is 0.274. The number of phenolic OH excluding ortho intramolecular Hbond substituents is 1. The number of phenols is 1. The van der Waals surface area contributed by atoms with Gasteiger partial charge in [0.15, 0.2) is 0 Å². The first-order valence-electron chi connectivity index (χ1n) is 12.0. The average molecular weight is 443 g/mol. The van der Waals surface area contributed by atoms with Crippen LogP contribution in [0.1, 0.15) is 91.8 Å². The lowest BCUT2D eigenvalue weighted by molar-refractivity contribution is 0.475. The quantitative estimate of drug-likeness (QED) is 0.288. The van der Waals surface area contributed by atoms with E-state index in [-0.39, 0.29) is 5.75 Å². The van der Waals surface area contributed by atoms with E-state index in [9.17, 15) is 5.11 Å². The second-order valence-electron chi connectivity index (χ2n) is 9.71. The molecule has 0 aliphatic carbocycles. The summed E-state index contributed by atoms with van der Waals surface area (Å²) >= 11 is 0. The fourth-order valence-electron chi connectivity index (χ4n) is 4.43. The molecule has 0 radical (unpaired) electrons. The van der Waals surface area contributed by atoms with E-state index < -0.39 is 0 Å². The molecule has 0 aromatic heterocycles. The zero-order valence-electron chi connectivity index (χ0n) is 21.2. The van der Waals surface area contributed by atoms with E-state index in [1.807, 2.05) is 12.1 Å². The van der Waals surface area contributed by atoms with E-state index in [0.717, 1.165) is 41.1 Å². The molecule has 3 aromatic rings. The van der Waals surface area contributed by atoms with Gasteiger partial charge in [0, 0.05) is 11.4 Å². The number of aliphatic imine (C=N–C) groups is 1. The van der Waals surface area contributed by atoms with Crippen LogP contribution in [0.25, 0.3) is 0 Å². The van der Waals surface area contributed by atoms with Gasteiger partial charge in [-0.2, -0.15) is 0 Å². The SMILES string of the molecule is CCC(=Nc1c(C)cc(Cc2cc(C)c(N)c(C(C)C)c2)cc1C(C)C)c1ccc(O)cc1. The normalized spacial score (nSPS) is 12.1. The highest BCUT2D eigenvalue weighted by Crippen LogP contribution is 2.34. The molecule has 0 amide bonds. The molecule has 3 heteroatoms. The van der Waals surface area contributed by atoms with Crippen LogP contribution in [0.15, 0.2) is 53.5 Å². The molecule has 33 heavy (non-hydrogen) atoms. The second-order valence-corrected chi connectivity index (χ2v) is 9.71. The fraction of sp³-hybridized carbons (Fsp3) is 0.367. The van der Waals surface area contributed by atoms with E-state index in [1.54, 1.807) is 12.1 Å². The third kappa shape index (κ3) is 5.65. The minimum Gasteiger partial charge on any atom is -0.508 e. The summed E-state index contributed by atoms with van der Waals surface area (Å²) in [6.45, 7) is 15.2. The first-order chi connectivity index (χ1) is 15.6. The van der Waals surface area contributed by atoms with E-state index in [0.29, 0.717) is 11.8 Å². The van der Waals surface area contributed by atoms with Crippen LogP contribution in [-0.2, 0) is 6.42 Å². The standard InChI is InChI=1S/C30H38N2O/c1-8-28(24-9-11-25(33)12-10-24)32-30-21(7)14-23(17-27(30)19(4)5)15-22-13-20(6)29(31)26(16-22)18(2)3/h9-14,16-19,33H,8,15,31H2,1-7H3. The lowest BCUT2D eigenvalue weighted by Crippen LogP contribution is -2.03. The Balaban J connectivity index is 2.04. The second kappa shape index (κ2) is 10.2. The number of anilines is 1. The number of hydrogen-bond donors (Lipinski definition) is 2. The predicted octanol–water partition coefficient (Wildman–Crippen LogP) is 7.96. The van der Waals surface area contributed by atoms with Gasteiger partial charge in [0.25, 0.3) is 0 Å². The van der Waals surface area contributed by atoms with Crippen molar-refractivity contribution < 1.29 is 5.11 Å². The van der Waals surface area contributed by atoms with Gasteiger partial charge in [0.2, 0.25) is 0 Å². The molecule has 0 atom stereocenters. The van der Waals surface area contributed by atoms with E-state index in [4.69, 9.17) is 10.7 Å². The molecule has 0 unspecified atom stereocenters. The molecule has 0 saturated carbocycles. The number of nitrogen functional groups attached to an aromatic ring is 1. The molecular weight excluding hydrogens is 404 g/mol. The molecule has 3 nitrogen and oxygen atoms in total. The molecule has 0 aliphatic heterocycles. The van der Waals surface area contributed by atoms with Crippen molar-refractivity contribution in [2.45, 2.75) is 73.1 Å². The number of aromatic hydroxyl groups is 1. The Morgan fingerprint density at radius 3 is 1.94 bits per heavy atom. The van der Waals surface area contributed by atoms with Gasteiger partial charge in [-0.3, -0.25) is 4.99 Å². The van der Waals surface area contributed by atoms with Crippen LogP contribution in [-0.4, -0.2) is 10.8 Å². The summed E-state index contributed by atoms with van der Waals surface area (Å²) in [6, 6.07) is 16.4. The molecule has 3 rings (SSSR count). The predicted molar refractivity (Wildman–Crippen MR) is 142 cm³/mol. The van der Waals surface area contributed by atoms with Crippen molar-refractivity contribution in [3.8, 4) is 5.75 Å². The van der Waals surface area contributed by atoms with Crippen LogP contribution in [0, 0.1) is 13.8 Å². The topological polar surface area (TPSA) is 58.6 Å². The maximum atomic E-state index is 9.65. The first-order valence-corrected chi connectivity index (χ1v) is 12.0. The van der Waals surface area contributed by atoms with Crippen LogP contribution >= 0.6 is 0 Å². The molecule has 0 bridgehead atoms. The van der Waals surface area contributed by atoms with Crippen molar-refractivity contribution >= 4 is 17.1 Å². The first kappa shape index (κ1) is 24.6. The lowest BCUT2D eigenvalue weighted by Gasteiger charge is -2.18. The Morgan fingerprint density at radius 1 is 0.848 bits per heavy atom. The maximum Gasteiger partial charge on any atom is 0.115 e. The Labute approximate surface area is 199 Å². The molecule has 0 aliphatic rings. The Hall–Kier alpha value is -3.07. The zero-order chi connectivity index (χ0) is 24.3. The Morgan fingerprint density at radius 2 is 1.39 bits per heavy atom. The summed E-state index contributed by atoms with van der Waals surface area (Å²) in [4.78, 5) is 5.13. The van der Waals surface area contributed by atoms with Crippen LogP contribution < -0.4 is 5.73 Å². The molecular formula is C30H38N2O. The van der Waals surface area contributed by atoms with Gasteiger partial charge in [-0.15, -0.1) is 0 Å². The van der Waals surface area contributed by atoms with Crippen molar-refractivity contribution in [2.24, 2.45) is 4.99 Å². The Bertz CT molecular complexity index is 1150. The van der Waals surface area contributed by atoms with Crippen molar-refractivity contribution in [1.82, 2.24) is 0 Å². The molecule has 0 spiro atoms. The molecule has 3 N–H and O–H groups in total. The van der Waals surface area contributed by atoms with Crippen LogP contribution in [0.2, 0.25) is 0 Å². The summed E-state index contributed by atoms with van der Waals surface area (Å²) in [5.41, 5.74) is 17.8. The van der Waals surface area contributed by atoms with Crippen molar-refractivity contribution in [1.29, 1.82) is 0 Å². The van der Waals surface area contributed by atoms with Gasteiger partial charge in [-0.05, 0) is 102 Å². The highest BCUT2D eigenvalue weighted by Gasteiger charge is 2.15. The van der Waals surface area contributed by atoms with Gasteiger partial charge in [0.1, 0.15) is 5.75 Å². The summed E-state index contributed by atoms with van der Waals surface area (Å²) in [7, 11) is 0. The highest BCUT2D eigenvalue weighted by molar-refractivity contribution is 6.02. The summed E-state index contributed by atoms with van der Waals surface area (Å²) in [6.07, 6.45) is 1.70. The molecule has 174 valence electrons.